The van der Waals surface area contributed by atoms with Crippen LogP contribution < -0.4 is 5.32 Å². The van der Waals surface area contributed by atoms with Crippen LogP contribution in [0, 0.1) is 0 Å². The third-order valence-electron chi connectivity index (χ3n) is 1.75. The minimum absolute atomic E-state index is 0.0307. The lowest BCUT2D eigenvalue weighted by Gasteiger charge is -2.14. The molecule has 1 amide bonds. The second-order valence-corrected chi connectivity index (χ2v) is 4.18. The van der Waals surface area contributed by atoms with Gasteiger partial charge in [-0.25, -0.2) is 0 Å². The average Bonchev–Trinajstić information content (AvgIpc) is 2.03. The molecule has 2 atom stereocenters. The smallest absolute Gasteiger partial charge is 0.233 e. The van der Waals surface area contributed by atoms with Gasteiger partial charge < -0.3 is 5.32 Å². The van der Waals surface area contributed by atoms with Crippen LogP contribution in [0.5, 0.6) is 0 Å². The van der Waals surface area contributed by atoms with Crippen molar-refractivity contribution in [2.24, 2.45) is 0 Å². The molecule has 72 valence electrons. The van der Waals surface area contributed by atoms with E-state index in [9.17, 15) is 4.79 Å². The van der Waals surface area contributed by atoms with Crippen LogP contribution in [0.1, 0.15) is 40.0 Å². The predicted octanol–water partition coefficient (Wildman–Crippen LogP) is 2.46. The number of amides is 1. The molecule has 0 aliphatic rings. The summed E-state index contributed by atoms with van der Waals surface area (Å²) >= 11 is 3.31. The van der Waals surface area contributed by atoms with E-state index in [0.717, 1.165) is 19.3 Å². The number of rotatable bonds is 5. The summed E-state index contributed by atoms with van der Waals surface area (Å²) in [6, 6.07) is 0.300. The second kappa shape index (κ2) is 6.46. The Morgan fingerprint density at radius 1 is 1.50 bits per heavy atom. The van der Waals surface area contributed by atoms with Gasteiger partial charge in [0, 0.05) is 6.04 Å². The van der Waals surface area contributed by atoms with Crippen molar-refractivity contribution in [2.75, 3.05) is 0 Å². The van der Waals surface area contributed by atoms with Gasteiger partial charge in [0.15, 0.2) is 0 Å². The normalized spacial score (nSPS) is 15.3. The Labute approximate surface area is 83.2 Å². The molecule has 0 aliphatic heterocycles. The fraction of sp³-hybridized carbons (Fsp3) is 0.889. The number of halogens is 1. The van der Waals surface area contributed by atoms with Gasteiger partial charge in [-0.15, -0.1) is 0 Å². The van der Waals surface area contributed by atoms with E-state index in [4.69, 9.17) is 0 Å². The summed E-state index contributed by atoms with van der Waals surface area (Å²) < 4.78 is 0. The Kier molecular flexibility index (Phi) is 6.44. The Morgan fingerprint density at radius 2 is 2.08 bits per heavy atom. The molecule has 0 aliphatic carbocycles. The first-order valence-electron chi connectivity index (χ1n) is 4.56. The molecule has 0 spiro atoms. The summed E-state index contributed by atoms with van der Waals surface area (Å²) in [6.45, 7) is 6.15. The van der Waals surface area contributed by atoms with E-state index < -0.39 is 0 Å². The Hall–Kier alpha value is -0.0500. The molecule has 0 heterocycles. The van der Waals surface area contributed by atoms with E-state index in [1.807, 2.05) is 13.8 Å². The van der Waals surface area contributed by atoms with Gasteiger partial charge in [-0.2, -0.15) is 0 Å². The highest BCUT2D eigenvalue weighted by Gasteiger charge is 2.13. The summed E-state index contributed by atoms with van der Waals surface area (Å²) in [5, 5.41) is 2.95. The van der Waals surface area contributed by atoms with E-state index in [1.165, 1.54) is 0 Å². The number of carbonyl (C=O) groups excluding carboxylic acids is 1. The van der Waals surface area contributed by atoms with Crippen LogP contribution in [0.15, 0.2) is 0 Å². The molecule has 2 unspecified atom stereocenters. The van der Waals surface area contributed by atoms with Gasteiger partial charge in [-0.3, -0.25) is 4.79 Å². The van der Waals surface area contributed by atoms with Crippen LogP contribution in [-0.4, -0.2) is 16.8 Å². The molecule has 0 aromatic rings. The molecule has 2 nitrogen and oxygen atoms in total. The van der Waals surface area contributed by atoms with E-state index in [1.54, 1.807) is 0 Å². The van der Waals surface area contributed by atoms with Gasteiger partial charge in [0.2, 0.25) is 5.91 Å². The zero-order chi connectivity index (χ0) is 9.56. The molecule has 0 aromatic carbocycles. The Morgan fingerprint density at radius 3 is 2.50 bits per heavy atom. The van der Waals surface area contributed by atoms with Crippen molar-refractivity contribution < 1.29 is 4.79 Å². The maximum Gasteiger partial charge on any atom is 0.233 e. The monoisotopic (exact) mass is 235 g/mol. The van der Waals surface area contributed by atoms with Crippen molar-refractivity contribution >= 4 is 21.8 Å². The van der Waals surface area contributed by atoms with Crippen molar-refractivity contribution in [3.63, 3.8) is 0 Å². The van der Waals surface area contributed by atoms with Gasteiger partial charge in [-0.1, -0.05) is 36.2 Å². The third kappa shape index (κ3) is 4.75. The highest BCUT2D eigenvalue weighted by Crippen LogP contribution is 2.05. The van der Waals surface area contributed by atoms with E-state index in [-0.39, 0.29) is 10.7 Å². The molecule has 0 saturated heterocycles. The summed E-state index contributed by atoms with van der Waals surface area (Å²) in [7, 11) is 0. The molecule has 1 N–H and O–H groups in total. The first kappa shape index (κ1) is 11.9. The largest absolute Gasteiger partial charge is 0.353 e. The summed E-state index contributed by atoms with van der Waals surface area (Å²) in [5.41, 5.74) is 0. The number of hydrogen-bond acceptors (Lipinski definition) is 1. The van der Waals surface area contributed by atoms with E-state index >= 15 is 0 Å². The fourth-order valence-corrected chi connectivity index (χ4v) is 1.16. The molecule has 0 bridgehead atoms. The first-order valence-corrected chi connectivity index (χ1v) is 5.47. The van der Waals surface area contributed by atoms with E-state index in [0.29, 0.717) is 6.04 Å². The minimum atomic E-state index is -0.0307. The summed E-state index contributed by atoms with van der Waals surface area (Å²) in [4.78, 5) is 11.3. The van der Waals surface area contributed by atoms with E-state index in [2.05, 4.69) is 28.2 Å². The standard InChI is InChI=1S/C9H18BrNO/c1-4-6-7(3)11-9(12)8(10)5-2/h7-8H,4-6H2,1-3H3,(H,11,12). The number of nitrogens with one attached hydrogen (secondary N) is 1. The molecule has 0 fully saturated rings. The van der Waals surface area contributed by atoms with Crippen molar-refractivity contribution in [3.8, 4) is 0 Å². The third-order valence-corrected chi connectivity index (χ3v) is 2.82. The molecule has 3 heteroatoms. The lowest BCUT2D eigenvalue weighted by molar-refractivity contribution is -0.121. The van der Waals surface area contributed by atoms with Crippen molar-refractivity contribution in [1.82, 2.24) is 5.32 Å². The number of hydrogen-bond donors (Lipinski definition) is 1. The SMILES string of the molecule is CCCC(C)NC(=O)C(Br)CC. The quantitative estimate of drug-likeness (QED) is 0.730. The van der Waals surface area contributed by atoms with Gasteiger partial charge >= 0.3 is 0 Å². The Balaban J connectivity index is 3.67. The van der Waals surface area contributed by atoms with Gasteiger partial charge in [0.25, 0.3) is 0 Å². The first-order chi connectivity index (χ1) is 5.61. The second-order valence-electron chi connectivity index (χ2n) is 3.07. The fourth-order valence-electron chi connectivity index (χ4n) is 1.02. The molecule has 0 saturated carbocycles. The zero-order valence-electron chi connectivity index (χ0n) is 8.06. The topological polar surface area (TPSA) is 29.1 Å². The highest BCUT2D eigenvalue weighted by atomic mass is 79.9. The highest BCUT2D eigenvalue weighted by molar-refractivity contribution is 9.10. The lowest BCUT2D eigenvalue weighted by Crippen LogP contribution is -2.37. The molecule has 0 radical (unpaired) electrons. The van der Waals surface area contributed by atoms with Crippen LogP contribution in [0.3, 0.4) is 0 Å². The van der Waals surface area contributed by atoms with Gasteiger partial charge in [0.1, 0.15) is 0 Å². The molecule has 12 heavy (non-hydrogen) atoms. The molecule has 0 aromatic heterocycles. The number of alkyl halides is 1. The maximum atomic E-state index is 11.3. The van der Waals surface area contributed by atoms with Crippen LogP contribution in [0.2, 0.25) is 0 Å². The lowest BCUT2D eigenvalue weighted by atomic mass is 10.2. The average molecular weight is 236 g/mol. The van der Waals surface area contributed by atoms with Crippen LogP contribution in [0.25, 0.3) is 0 Å². The molecule has 0 rings (SSSR count). The maximum absolute atomic E-state index is 11.3. The zero-order valence-corrected chi connectivity index (χ0v) is 9.65. The molecular formula is C9H18BrNO. The minimum Gasteiger partial charge on any atom is -0.353 e. The molecular weight excluding hydrogens is 218 g/mol. The predicted molar refractivity (Wildman–Crippen MR) is 55.5 cm³/mol. The summed E-state index contributed by atoms with van der Waals surface area (Å²) in [5.74, 6) is 0.110. The number of carbonyl (C=O) groups is 1. The van der Waals surface area contributed by atoms with Gasteiger partial charge in [-0.05, 0) is 19.8 Å². The Bertz CT molecular complexity index is 138. The van der Waals surface area contributed by atoms with Crippen molar-refractivity contribution in [1.29, 1.82) is 0 Å². The van der Waals surface area contributed by atoms with Crippen LogP contribution in [0.4, 0.5) is 0 Å². The van der Waals surface area contributed by atoms with Crippen LogP contribution >= 0.6 is 15.9 Å². The van der Waals surface area contributed by atoms with Crippen LogP contribution in [-0.2, 0) is 4.79 Å². The summed E-state index contributed by atoms with van der Waals surface area (Å²) in [6.07, 6.45) is 3.00. The van der Waals surface area contributed by atoms with Gasteiger partial charge in [0.05, 0.1) is 4.83 Å². The van der Waals surface area contributed by atoms with Crippen molar-refractivity contribution in [3.05, 3.63) is 0 Å². The van der Waals surface area contributed by atoms with Crippen molar-refractivity contribution in [2.45, 2.75) is 50.9 Å².